The molecule has 1 aromatic carbocycles. The number of thiazole rings is 1. The molecule has 0 bridgehead atoms. The molecule has 1 aromatic heterocycles. The molecule has 27 heavy (non-hydrogen) atoms. The molecule has 1 fully saturated rings. The second kappa shape index (κ2) is 7.61. The minimum absolute atomic E-state index is 0.155. The van der Waals surface area contributed by atoms with Crippen LogP contribution in [-0.2, 0) is 22.5 Å². The summed E-state index contributed by atoms with van der Waals surface area (Å²) in [4.78, 5) is 31.6. The first-order valence-corrected chi connectivity index (χ1v) is 9.63. The average molecular weight is 390 g/mol. The third-order valence-electron chi connectivity index (χ3n) is 4.59. The van der Waals surface area contributed by atoms with Crippen LogP contribution in [0.15, 0.2) is 24.3 Å². The van der Waals surface area contributed by atoms with Crippen LogP contribution in [0.2, 0.25) is 0 Å². The summed E-state index contributed by atoms with van der Waals surface area (Å²) in [5.74, 6) is -0.645. The minimum atomic E-state index is -0.472. The Morgan fingerprint density at radius 2 is 2.15 bits per heavy atom. The number of rotatable bonds is 3. The lowest BCUT2D eigenvalue weighted by atomic mass is 10.2. The molecule has 0 spiro atoms. The fourth-order valence-corrected chi connectivity index (χ4v) is 4.18. The maximum atomic E-state index is 13.7. The Morgan fingerprint density at radius 3 is 2.93 bits per heavy atom. The van der Waals surface area contributed by atoms with E-state index in [1.807, 2.05) is 0 Å². The van der Waals surface area contributed by atoms with Gasteiger partial charge in [0.1, 0.15) is 11.9 Å². The van der Waals surface area contributed by atoms with Crippen LogP contribution in [0.25, 0.3) is 0 Å². The van der Waals surface area contributed by atoms with Crippen LogP contribution in [0.1, 0.15) is 23.4 Å². The van der Waals surface area contributed by atoms with E-state index in [1.165, 1.54) is 23.5 Å². The van der Waals surface area contributed by atoms with Crippen molar-refractivity contribution in [1.29, 1.82) is 0 Å². The van der Waals surface area contributed by atoms with E-state index in [1.54, 1.807) is 17.0 Å². The van der Waals surface area contributed by atoms with Gasteiger partial charge in [-0.3, -0.25) is 10.1 Å². The van der Waals surface area contributed by atoms with Crippen LogP contribution in [0.3, 0.4) is 0 Å². The Kier molecular flexibility index (Phi) is 5.04. The van der Waals surface area contributed by atoms with E-state index in [2.05, 4.69) is 15.6 Å². The highest BCUT2D eigenvalue weighted by Gasteiger charge is 2.27. The number of benzene rings is 1. The molecule has 3 heterocycles. The zero-order valence-corrected chi connectivity index (χ0v) is 15.4. The first-order valence-electron chi connectivity index (χ1n) is 8.81. The Balaban J connectivity index is 1.39. The van der Waals surface area contributed by atoms with Crippen LogP contribution >= 0.6 is 11.3 Å². The highest BCUT2D eigenvalue weighted by Crippen LogP contribution is 2.29. The van der Waals surface area contributed by atoms with Crippen molar-refractivity contribution in [2.24, 2.45) is 0 Å². The maximum absolute atomic E-state index is 13.7. The molecule has 1 atom stereocenters. The molecule has 1 unspecified atom stereocenters. The van der Waals surface area contributed by atoms with Gasteiger partial charge in [0.05, 0.1) is 17.9 Å². The largest absolute Gasteiger partial charge is 0.368 e. The van der Waals surface area contributed by atoms with E-state index in [0.717, 1.165) is 23.4 Å². The number of fused-ring (bicyclic) bond motifs is 1. The molecule has 2 aromatic rings. The van der Waals surface area contributed by atoms with E-state index in [-0.39, 0.29) is 17.6 Å². The van der Waals surface area contributed by atoms with Crippen molar-refractivity contribution in [3.8, 4) is 0 Å². The molecule has 0 saturated carbocycles. The van der Waals surface area contributed by atoms with Crippen molar-refractivity contribution >= 4 is 34.1 Å². The van der Waals surface area contributed by atoms with E-state index in [4.69, 9.17) is 4.74 Å². The number of nitrogens with zero attached hydrogens (tertiary/aromatic N) is 2. The lowest BCUT2D eigenvalue weighted by Gasteiger charge is -2.26. The van der Waals surface area contributed by atoms with Crippen molar-refractivity contribution in [2.75, 3.05) is 23.8 Å². The Hall–Kier alpha value is -2.52. The van der Waals surface area contributed by atoms with E-state index < -0.39 is 11.9 Å². The number of urea groups is 1. The Bertz CT molecular complexity index is 866. The van der Waals surface area contributed by atoms with Gasteiger partial charge in [0.15, 0.2) is 5.13 Å². The number of amides is 3. The monoisotopic (exact) mass is 390 g/mol. The molecule has 4 rings (SSSR count). The molecule has 0 aliphatic carbocycles. The number of hydrogen-bond acceptors (Lipinski definition) is 5. The summed E-state index contributed by atoms with van der Waals surface area (Å²) in [5, 5.41) is 5.93. The molecule has 9 heteroatoms. The summed E-state index contributed by atoms with van der Waals surface area (Å²) in [5.41, 5.74) is 1.04. The summed E-state index contributed by atoms with van der Waals surface area (Å²) >= 11 is 1.36. The number of nitrogens with one attached hydrogen (secondary N) is 2. The first kappa shape index (κ1) is 17.9. The SMILES string of the molecule is O=C(Nc1nc2c(s1)CN(C(=O)Nc1ccccc1F)CC2)C1CCCO1. The van der Waals surface area contributed by atoms with Crippen LogP contribution < -0.4 is 10.6 Å². The average Bonchev–Trinajstić information content (AvgIpc) is 3.32. The molecule has 1 saturated heterocycles. The lowest BCUT2D eigenvalue weighted by Crippen LogP contribution is -2.38. The number of hydrogen-bond donors (Lipinski definition) is 2. The molecule has 7 nitrogen and oxygen atoms in total. The second-order valence-electron chi connectivity index (χ2n) is 6.46. The van der Waals surface area contributed by atoms with Gasteiger partial charge in [0.25, 0.3) is 5.91 Å². The van der Waals surface area contributed by atoms with Crippen LogP contribution in [-0.4, -0.2) is 41.1 Å². The van der Waals surface area contributed by atoms with Gasteiger partial charge in [-0.25, -0.2) is 14.2 Å². The summed E-state index contributed by atoms with van der Waals surface area (Å²) in [7, 11) is 0. The summed E-state index contributed by atoms with van der Waals surface area (Å²) in [6.45, 7) is 1.47. The van der Waals surface area contributed by atoms with E-state index in [9.17, 15) is 14.0 Å². The normalized spacial score (nSPS) is 18.9. The first-order chi connectivity index (χ1) is 13.1. The number of carbonyl (C=O) groups excluding carboxylic acids is 2. The van der Waals surface area contributed by atoms with Crippen LogP contribution in [0.5, 0.6) is 0 Å². The topological polar surface area (TPSA) is 83.6 Å². The number of anilines is 2. The number of para-hydroxylation sites is 1. The summed E-state index contributed by atoms with van der Waals surface area (Å²) in [6.07, 6.45) is 1.79. The molecular formula is C18H19FN4O3S. The second-order valence-corrected chi connectivity index (χ2v) is 7.54. The summed E-state index contributed by atoms with van der Waals surface area (Å²) < 4.78 is 19.1. The van der Waals surface area contributed by atoms with Gasteiger partial charge in [-0.1, -0.05) is 23.5 Å². The highest BCUT2D eigenvalue weighted by atomic mass is 32.1. The highest BCUT2D eigenvalue weighted by molar-refractivity contribution is 7.15. The molecular weight excluding hydrogens is 371 g/mol. The number of aromatic nitrogens is 1. The quantitative estimate of drug-likeness (QED) is 0.844. The molecule has 0 radical (unpaired) electrons. The van der Waals surface area contributed by atoms with E-state index >= 15 is 0 Å². The van der Waals surface area contributed by atoms with Gasteiger partial charge < -0.3 is 15.0 Å². The smallest absolute Gasteiger partial charge is 0.322 e. The number of halogens is 1. The predicted molar refractivity (Wildman–Crippen MR) is 99.3 cm³/mol. The lowest BCUT2D eigenvalue weighted by molar-refractivity contribution is -0.124. The zero-order chi connectivity index (χ0) is 18.8. The fourth-order valence-electron chi connectivity index (χ4n) is 3.15. The fraction of sp³-hybridized carbons (Fsp3) is 0.389. The molecule has 142 valence electrons. The van der Waals surface area contributed by atoms with Gasteiger partial charge in [0.2, 0.25) is 0 Å². The Morgan fingerprint density at radius 1 is 1.30 bits per heavy atom. The number of ether oxygens (including phenoxy) is 1. The van der Waals surface area contributed by atoms with E-state index in [0.29, 0.717) is 31.2 Å². The Labute approximate surface area is 159 Å². The summed E-state index contributed by atoms with van der Waals surface area (Å²) in [6, 6.07) is 5.70. The maximum Gasteiger partial charge on any atom is 0.322 e. The molecule has 2 aliphatic heterocycles. The standard InChI is InChI=1S/C18H19FN4O3S/c19-11-4-1-2-5-12(11)21-18(25)23-8-7-13-15(10-23)27-17(20-13)22-16(24)14-6-3-9-26-14/h1-2,4-5,14H,3,6-10H2,(H,21,25)(H,20,22,24). The van der Waals surface area contributed by atoms with Gasteiger partial charge >= 0.3 is 6.03 Å². The molecule has 2 aliphatic rings. The zero-order valence-electron chi connectivity index (χ0n) is 14.5. The predicted octanol–water partition coefficient (Wildman–Crippen LogP) is 2.99. The minimum Gasteiger partial charge on any atom is -0.368 e. The third kappa shape index (κ3) is 3.93. The van der Waals surface area contributed by atoms with Crippen LogP contribution in [0.4, 0.5) is 20.0 Å². The third-order valence-corrected chi connectivity index (χ3v) is 5.58. The van der Waals surface area contributed by atoms with Crippen molar-refractivity contribution in [3.05, 3.63) is 40.7 Å². The van der Waals surface area contributed by atoms with Crippen molar-refractivity contribution in [2.45, 2.75) is 31.9 Å². The van der Waals surface area contributed by atoms with Crippen molar-refractivity contribution in [1.82, 2.24) is 9.88 Å². The molecule has 3 amide bonds. The van der Waals surface area contributed by atoms with Crippen LogP contribution in [0, 0.1) is 5.82 Å². The number of carbonyl (C=O) groups is 2. The van der Waals surface area contributed by atoms with Crippen molar-refractivity contribution < 1.29 is 18.7 Å². The van der Waals surface area contributed by atoms with Crippen molar-refractivity contribution in [3.63, 3.8) is 0 Å². The van der Waals surface area contributed by atoms with Gasteiger partial charge in [-0.15, -0.1) is 0 Å². The van der Waals surface area contributed by atoms with Gasteiger partial charge in [-0.05, 0) is 25.0 Å². The molecule has 2 N–H and O–H groups in total. The van der Waals surface area contributed by atoms with Gasteiger partial charge in [0, 0.05) is 24.4 Å². The van der Waals surface area contributed by atoms with Gasteiger partial charge in [-0.2, -0.15) is 0 Å².